The summed E-state index contributed by atoms with van der Waals surface area (Å²) >= 11 is 0. The second-order valence-corrected chi connectivity index (χ2v) is 8.21. The van der Waals surface area contributed by atoms with Gasteiger partial charge in [-0.1, -0.05) is 54.6 Å². The molecule has 2 heterocycles. The fourth-order valence-corrected chi connectivity index (χ4v) is 4.30. The van der Waals surface area contributed by atoms with Crippen LogP contribution in [0.3, 0.4) is 0 Å². The van der Waals surface area contributed by atoms with E-state index in [0.29, 0.717) is 17.2 Å². The summed E-state index contributed by atoms with van der Waals surface area (Å²) in [4.78, 5) is 4.52. The van der Waals surface area contributed by atoms with Gasteiger partial charge in [0.15, 0.2) is 11.6 Å². The van der Waals surface area contributed by atoms with E-state index in [1.807, 2.05) is 88.0 Å². The zero-order valence-electron chi connectivity index (χ0n) is 18.8. The van der Waals surface area contributed by atoms with Crippen LogP contribution in [-0.2, 0) is 6.18 Å². The zero-order chi connectivity index (χ0) is 24.7. The highest BCUT2D eigenvalue weighted by Crippen LogP contribution is 2.35. The Morgan fingerprint density at radius 3 is 2.08 bits per heavy atom. The first-order chi connectivity index (χ1) is 17.5. The van der Waals surface area contributed by atoms with Gasteiger partial charge in [-0.15, -0.1) is 10.2 Å². The molecule has 0 N–H and O–H groups in total. The number of hydrogen-bond acceptors (Lipinski definition) is 3. The van der Waals surface area contributed by atoms with E-state index in [-0.39, 0.29) is 0 Å². The Labute approximate surface area is 204 Å². The Balaban J connectivity index is 1.56. The average molecular weight is 481 g/mol. The molecule has 4 aromatic carbocycles. The lowest BCUT2D eigenvalue weighted by Crippen LogP contribution is -2.05. The van der Waals surface area contributed by atoms with E-state index < -0.39 is 11.7 Å². The van der Waals surface area contributed by atoms with Crippen LogP contribution >= 0.6 is 0 Å². The minimum absolute atomic E-state index is 0.440. The van der Waals surface area contributed by atoms with Crippen LogP contribution in [0, 0.1) is 0 Å². The van der Waals surface area contributed by atoms with Gasteiger partial charge in [-0.05, 0) is 48.5 Å². The van der Waals surface area contributed by atoms with Gasteiger partial charge in [0.1, 0.15) is 6.33 Å². The van der Waals surface area contributed by atoms with Gasteiger partial charge in [0.2, 0.25) is 0 Å². The quantitative estimate of drug-likeness (QED) is 0.274. The molecule has 0 fully saturated rings. The fourth-order valence-electron chi connectivity index (χ4n) is 4.30. The third-order valence-electron chi connectivity index (χ3n) is 6.01. The van der Waals surface area contributed by atoms with Crippen molar-refractivity contribution >= 4 is 11.0 Å². The number of fused-ring (bicyclic) bond motifs is 1. The number of halogens is 3. The first kappa shape index (κ1) is 21.8. The van der Waals surface area contributed by atoms with E-state index in [2.05, 4.69) is 15.2 Å². The summed E-state index contributed by atoms with van der Waals surface area (Å²) in [7, 11) is 0. The fraction of sp³-hybridized carbons (Fsp3) is 0.0357. The molecule has 0 unspecified atom stereocenters. The van der Waals surface area contributed by atoms with Crippen molar-refractivity contribution in [2.45, 2.75) is 6.18 Å². The first-order valence-electron chi connectivity index (χ1n) is 11.2. The van der Waals surface area contributed by atoms with Crippen LogP contribution in [0.5, 0.6) is 0 Å². The highest BCUT2D eigenvalue weighted by molar-refractivity contribution is 5.81. The van der Waals surface area contributed by atoms with Crippen LogP contribution in [-0.4, -0.2) is 24.3 Å². The summed E-state index contributed by atoms with van der Waals surface area (Å²) < 4.78 is 43.3. The minimum Gasteiger partial charge on any atom is -0.298 e. The second-order valence-electron chi connectivity index (χ2n) is 8.21. The molecule has 6 rings (SSSR count). The van der Waals surface area contributed by atoms with Crippen molar-refractivity contribution in [3.05, 3.63) is 115 Å². The Morgan fingerprint density at radius 1 is 0.639 bits per heavy atom. The summed E-state index contributed by atoms with van der Waals surface area (Å²) in [6.45, 7) is 0. The number of rotatable bonds is 4. The van der Waals surface area contributed by atoms with E-state index in [0.717, 1.165) is 40.1 Å². The summed E-state index contributed by atoms with van der Waals surface area (Å²) in [5.74, 6) is 1.000. The van der Waals surface area contributed by atoms with Crippen LogP contribution in [0.2, 0.25) is 0 Å². The number of alkyl halides is 3. The molecule has 0 bridgehead atoms. The van der Waals surface area contributed by atoms with Crippen molar-refractivity contribution in [1.82, 2.24) is 24.3 Å². The van der Waals surface area contributed by atoms with Gasteiger partial charge in [-0.25, -0.2) is 4.98 Å². The Morgan fingerprint density at radius 2 is 1.31 bits per heavy atom. The predicted octanol–water partition coefficient (Wildman–Crippen LogP) is 6.96. The van der Waals surface area contributed by atoms with Crippen molar-refractivity contribution < 1.29 is 13.2 Å². The SMILES string of the molecule is FC(F)(F)c1ccc(-c2nnc(-c3ccccc3-n3cnc4ccccc43)n2-c2ccccc2)cc1. The molecule has 8 heteroatoms. The largest absolute Gasteiger partial charge is 0.416 e. The number of nitrogens with zero attached hydrogens (tertiary/aromatic N) is 5. The standard InChI is InChI=1S/C28H18F3N5/c29-28(30,31)20-16-14-19(15-17-20)26-33-34-27(36(26)21-8-2-1-3-9-21)22-10-4-6-12-24(22)35-18-32-23-11-5-7-13-25(23)35/h1-18H. The lowest BCUT2D eigenvalue weighted by molar-refractivity contribution is -0.137. The summed E-state index contributed by atoms with van der Waals surface area (Å²) in [6.07, 6.45) is -2.65. The van der Waals surface area contributed by atoms with Crippen LogP contribution < -0.4 is 0 Å². The lowest BCUT2D eigenvalue weighted by Gasteiger charge is -2.14. The predicted molar refractivity (Wildman–Crippen MR) is 132 cm³/mol. The van der Waals surface area contributed by atoms with Crippen LogP contribution in [0.15, 0.2) is 109 Å². The summed E-state index contributed by atoms with van der Waals surface area (Å²) in [5, 5.41) is 8.94. The third-order valence-corrected chi connectivity index (χ3v) is 6.01. The molecule has 0 spiro atoms. The van der Waals surface area contributed by atoms with E-state index in [4.69, 9.17) is 0 Å². The number of hydrogen-bond donors (Lipinski definition) is 0. The van der Waals surface area contributed by atoms with Crippen molar-refractivity contribution in [3.8, 4) is 34.2 Å². The molecule has 0 radical (unpaired) electrons. The maximum atomic E-state index is 13.1. The molecule has 36 heavy (non-hydrogen) atoms. The molecule has 176 valence electrons. The number of imidazole rings is 1. The second kappa shape index (κ2) is 8.49. The van der Waals surface area contributed by atoms with Crippen molar-refractivity contribution in [3.63, 3.8) is 0 Å². The van der Waals surface area contributed by atoms with Gasteiger partial charge in [0, 0.05) is 16.8 Å². The summed E-state index contributed by atoms with van der Waals surface area (Å²) in [5.41, 5.74) is 4.06. The molecule has 0 amide bonds. The highest BCUT2D eigenvalue weighted by Gasteiger charge is 2.30. The first-order valence-corrected chi connectivity index (χ1v) is 11.2. The number of benzene rings is 4. The van der Waals surface area contributed by atoms with E-state index in [1.165, 1.54) is 12.1 Å². The van der Waals surface area contributed by atoms with Crippen molar-refractivity contribution in [2.24, 2.45) is 0 Å². The van der Waals surface area contributed by atoms with Gasteiger partial charge in [-0.2, -0.15) is 13.2 Å². The Bertz CT molecular complexity index is 1670. The molecule has 5 nitrogen and oxygen atoms in total. The maximum absolute atomic E-state index is 13.1. The molecule has 0 saturated heterocycles. The van der Waals surface area contributed by atoms with Crippen LogP contribution in [0.25, 0.3) is 45.2 Å². The molecule has 0 aliphatic heterocycles. The summed E-state index contributed by atoms with van der Waals surface area (Å²) in [6, 6.07) is 30.1. The van der Waals surface area contributed by atoms with E-state index in [9.17, 15) is 13.2 Å². The maximum Gasteiger partial charge on any atom is 0.416 e. The normalized spacial score (nSPS) is 11.8. The molecular weight excluding hydrogens is 463 g/mol. The van der Waals surface area contributed by atoms with Crippen molar-refractivity contribution in [2.75, 3.05) is 0 Å². The molecule has 2 aromatic heterocycles. The number of para-hydroxylation sites is 4. The van der Waals surface area contributed by atoms with Gasteiger partial charge >= 0.3 is 6.18 Å². The molecule has 6 aromatic rings. The average Bonchev–Trinajstić information content (AvgIpc) is 3.54. The van der Waals surface area contributed by atoms with Gasteiger partial charge < -0.3 is 0 Å². The monoisotopic (exact) mass is 481 g/mol. The minimum atomic E-state index is -4.41. The molecular formula is C28H18F3N5. The molecule has 0 aliphatic rings. The highest BCUT2D eigenvalue weighted by atomic mass is 19.4. The van der Waals surface area contributed by atoms with Crippen molar-refractivity contribution in [1.29, 1.82) is 0 Å². The van der Waals surface area contributed by atoms with Crippen LogP contribution in [0.4, 0.5) is 13.2 Å². The van der Waals surface area contributed by atoms with Gasteiger partial charge in [0.05, 0.1) is 22.3 Å². The Hall–Kier alpha value is -4.72. The smallest absolute Gasteiger partial charge is 0.298 e. The zero-order valence-corrected chi connectivity index (χ0v) is 18.8. The molecule has 0 saturated carbocycles. The molecule has 0 aliphatic carbocycles. The van der Waals surface area contributed by atoms with Gasteiger partial charge in [0.25, 0.3) is 0 Å². The third kappa shape index (κ3) is 3.73. The molecule has 0 atom stereocenters. The van der Waals surface area contributed by atoms with E-state index in [1.54, 1.807) is 6.33 Å². The Kier molecular flexibility index (Phi) is 5.14. The number of aromatic nitrogens is 5. The van der Waals surface area contributed by atoms with E-state index >= 15 is 0 Å². The van der Waals surface area contributed by atoms with Gasteiger partial charge in [-0.3, -0.25) is 9.13 Å². The topological polar surface area (TPSA) is 48.5 Å². The lowest BCUT2D eigenvalue weighted by atomic mass is 10.1. The van der Waals surface area contributed by atoms with Crippen LogP contribution in [0.1, 0.15) is 5.56 Å².